The molecule has 1 atom stereocenters. The molecule has 0 aromatic heterocycles. The molecule has 0 rings (SSSR count). The maximum absolute atomic E-state index is 10.3. The Morgan fingerprint density at radius 1 is 1.58 bits per heavy atom. The predicted octanol–water partition coefficient (Wildman–Crippen LogP) is 0.0591. The molecule has 0 aromatic rings. The van der Waals surface area contributed by atoms with E-state index in [1.807, 2.05) is 0 Å². The van der Waals surface area contributed by atoms with E-state index in [0.29, 0.717) is 6.42 Å². The molecule has 0 aliphatic carbocycles. The maximum atomic E-state index is 10.3. The highest BCUT2D eigenvalue weighted by Crippen LogP contribution is 2.05. The Morgan fingerprint density at radius 2 is 2.08 bits per heavy atom. The molecular formula is C5H10O6S. The van der Waals surface area contributed by atoms with Crippen LogP contribution in [0.1, 0.15) is 19.8 Å². The summed E-state index contributed by atoms with van der Waals surface area (Å²) in [4.78, 5) is 10.3. The zero-order valence-corrected chi connectivity index (χ0v) is 7.24. The molecule has 0 bridgehead atoms. The summed E-state index contributed by atoms with van der Waals surface area (Å²) < 4.78 is 32.2. The van der Waals surface area contributed by atoms with Gasteiger partial charge >= 0.3 is 16.4 Å². The van der Waals surface area contributed by atoms with Crippen molar-refractivity contribution in [2.75, 3.05) is 0 Å². The van der Waals surface area contributed by atoms with Gasteiger partial charge in [-0.05, 0) is 6.42 Å². The van der Waals surface area contributed by atoms with E-state index in [0.717, 1.165) is 0 Å². The fourth-order valence-electron chi connectivity index (χ4n) is 0.622. The van der Waals surface area contributed by atoms with E-state index in [1.54, 1.807) is 6.92 Å². The minimum Gasteiger partial charge on any atom is -0.479 e. The third kappa shape index (κ3) is 5.05. The topological polar surface area (TPSA) is 101 Å². The number of carboxylic acids is 1. The van der Waals surface area contributed by atoms with Crippen molar-refractivity contribution in [3.63, 3.8) is 0 Å². The van der Waals surface area contributed by atoms with E-state index >= 15 is 0 Å². The van der Waals surface area contributed by atoms with Crippen LogP contribution in [0, 0.1) is 0 Å². The number of rotatable bonds is 5. The molecule has 0 aliphatic rings. The van der Waals surface area contributed by atoms with Crippen molar-refractivity contribution >= 4 is 16.4 Å². The third-order valence-electron chi connectivity index (χ3n) is 1.06. The Morgan fingerprint density at radius 3 is 2.33 bits per heavy atom. The molecule has 72 valence electrons. The lowest BCUT2D eigenvalue weighted by Crippen LogP contribution is -2.26. The molecule has 0 fully saturated rings. The second-order valence-electron chi connectivity index (χ2n) is 2.14. The zero-order valence-electron chi connectivity index (χ0n) is 6.43. The smallest absolute Gasteiger partial charge is 0.398 e. The van der Waals surface area contributed by atoms with Crippen LogP contribution in [-0.4, -0.2) is 30.2 Å². The van der Waals surface area contributed by atoms with Crippen LogP contribution in [-0.2, 0) is 19.4 Å². The first-order valence-corrected chi connectivity index (χ1v) is 4.62. The lowest BCUT2D eigenvalue weighted by Gasteiger charge is -2.08. The first kappa shape index (κ1) is 11.3. The summed E-state index contributed by atoms with van der Waals surface area (Å²) >= 11 is 0. The normalized spacial score (nSPS) is 14.2. The average molecular weight is 198 g/mol. The molecule has 6 nitrogen and oxygen atoms in total. The molecule has 2 N–H and O–H groups in total. The van der Waals surface area contributed by atoms with Gasteiger partial charge in [-0.2, -0.15) is 8.42 Å². The lowest BCUT2D eigenvalue weighted by atomic mass is 10.2. The van der Waals surface area contributed by atoms with Crippen LogP contribution in [0.25, 0.3) is 0 Å². The van der Waals surface area contributed by atoms with Crippen LogP contribution in [0.5, 0.6) is 0 Å². The van der Waals surface area contributed by atoms with E-state index in [1.165, 1.54) is 0 Å². The van der Waals surface area contributed by atoms with Crippen molar-refractivity contribution < 1.29 is 27.1 Å². The molecule has 0 aliphatic heterocycles. The Kier molecular flexibility index (Phi) is 4.15. The summed E-state index contributed by atoms with van der Waals surface area (Å²) in [6.45, 7) is 1.67. The Hall–Kier alpha value is -0.660. The largest absolute Gasteiger partial charge is 0.479 e. The van der Waals surface area contributed by atoms with Crippen LogP contribution in [0.15, 0.2) is 0 Å². The first-order valence-electron chi connectivity index (χ1n) is 3.25. The predicted molar refractivity (Wildman–Crippen MR) is 39.0 cm³/mol. The molecule has 1 unspecified atom stereocenters. The molecule has 0 amide bonds. The van der Waals surface area contributed by atoms with Crippen LogP contribution in [0.2, 0.25) is 0 Å². The van der Waals surface area contributed by atoms with E-state index in [9.17, 15) is 13.2 Å². The molecular weight excluding hydrogens is 188 g/mol. The average Bonchev–Trinajstić information content (AvgIpc) is 1.83. The zero-order chi connectivity index (χ0) is 9.78. The minimum atomic E-state index is -4.67. The van der Waals surface area contributed by atoms with Gasteiger partial charge in [0.15, 0.2) is 6.10 Å². The van der Waals surface area contributed by atoms with Gasteiger partial charge in [0.05, 0.1) is 0 Å². The Labute approximate surface area is 70.1 Å². The number of carboxylic acid groups (broad SMARTS) is 1. The SMILES string of the molecule is CCCC(OS(=O)(=O)O)C(=O)O. The van der Waals surface area contributed by atoms with E-state index in [2.05, 4.69) is 4.18 Å². The minimum absolute atomic E-state index is 0.0368. The molecule has 7 heteroatoms. The van der Waals surface area contributed by atoms with Gasteiger partial charge in [0.25, 0.3) is 0 Å². The van der Waals surface area contributed by atoms with Gasteiger partial charge in [0.2, 0.25) is 0 Å². The van der Waals surface area contributed by atoms with Crippen molar-refractivity contribution in [2.45, 2.75) is 25.9 Å². The number of hydrogen-bond donors (Lipinski definition) is 2. The Bertz CT molecular complexity index is 243. The Balaban J connectivity index is 4.24. The van der Waals surface area contributed by atoms with Gasteiger partial charge in [-0.15, -0.1) is 0 Å². The number of hydrogen-bond acceptors (Lipinski definition) is 4. The fourth-order valence-corrected chi connectivity index (χ4v) is 1.09. The van der Waals surface area contributed by atoms with Gasteiger partial charge in [-0.1, -0.05) is 13.3 Å². The molecule has 12 heavy (non-hydrogen) atoms. The van der Waals surface area contributed by atoms with Crippen molar-refractivity contribution in [2.24, 2.45) is 0 Å². The van der Waals surface area contributed by atoms with Gasteiger partial charge in [0, 0.05) is 0 Å². The van der Waals surface area contributed by atoms with Gasteiger partial charge in [0.1, 0.15) is 0 Å². The second-order valence-corrected chi connectivity index (χ2v) is 3.19. The van der Waals surface area contributed by atoms with E-state index in [4.69, 9.17) is 9.66 Å². The van der Waals surface area contributed by atoms with Crippen molar-refractivity contribution in [3.8, 4) is 0 Å². The standard InChI is InChI=1S/C5H10O6S/c1-2-3-4(5(6)7)11-12(8,9)10/h4H,2-3H2,1H3,(H,6,7)(H,8,9,10). The van der Waals surface area contributed by atoms with Crippen molar-refractivity contribution in [1.29, 1.82) is 0 Å². The van der Waals surface area contributed by atoms with Gasteiger partial charge in [-0.25, -0.2) is 8.98 Å². The summed E-state index contributed by atoms with van der Waals surface area (Å²) in [5.74, 6) is -1.41. The molecule has 0 saturated carbocycles. The summed E-state index contributed by atoms with van der Waals surface area (Å²) in [6, 6.07) is 0. The fraction of sp³-hybridized carbons (Fsp3) is 0.800. The quantitative estimate of drug-likeness (QED) is 0.606. The highest BCUT2D eigenvalue weighted by molar-refractivity contribution is 7.80. The van der Waals surface area contributed by atoms with E-state index < -0.39 is 22.5 Å². The molecule has 0 saturated heterocycles. The van der Waals surface area contributed by atoms with Crippen molar-refractivity contribution in [3.05, 3.63) is 0 Å². The number of carbonyl (C=O) groups is 1. The van der Waals surface area contributed by atoms with Crippen molar-refractivity contribution in [1.82, 2.24) is 0 Å². The summed E-state index contributed by atoms with van der Waals surface area (Å²) in [5, 5.41) is 8.37. The van der Waals surface area contributed by atoms with E-state index in [-0.39, 0.29) is 6.42 Å². The number of aliphatic carboxylic acids is 1. The third-order valence-corrected chi connectivity index (χ3v) is 1.54. The van der Waals surface area contributed by atoms with Gasteiger partial charge in [-0.3, -0.25) is 4.55 Å². The summed E-state index contributed by atoms with van der Waals surface area (Å²) in [7, 11) is -4.67. The molecule has 0 heterocycles. The molecule has 0 radical (unpaired) electrons. The van der Waals surface area contributed by atoms with Gasteiger partial charge < -0.3 is 5.11 Å². The van der Waals surface area contributed by atoms with Crippen LogP contribution < -0.4 is 0 Å². The van der Waals surface area contributed by atoms with Crippen LogP contribution >= 0.6 is 0 Å². The summed E-state index contributed by atoms with van der Waals surface area (Å²) in [6.07, 6.45) is -1.01. The first-order chi connectivity index (χ1) is 5.37. The lowest BCUT2D eigenvalue weighted by molar-refractivity contribution is -0.145. The van der Waals surface area contributed by atoms with Crippen LogP contribution in [0.3, 0.4) is 0 Å². The molecule has 0 aromatic carbocycles. The van der Waals surface area contributed by atoms with Crippen LogP contribution in [0.4, 0.5) is 0 Å². The molecule has 0 spiro atoms. The highest BCUT2D eigenvalue weighted by atomic mass is 32.3. The maximum Gasteiger partial charge on any atom is 0.398 e. The second kappa shape index (κ2) is 4.39. The summed E-state index contributed by atoms with van der Waals surface area (Å²) in [5.41, 5.74) is 0. The highest BCUT2D eigenvalue weighted by Gasteiger charge is 2.22. The monoisotopic (exact) mass is 198 g/mol.